The summed E-state index contributed by atoms with van der Waals surface area (Å²) in [6.07, 6.45) is 1.33. The minimum Gasteiger partial charge on any atom is -0.508 e. The van der Waals surface area contributed by atoms with E-state index >= 15 is 0 Å². The van der Waals surface area contributed by atoms with Crippen molar-refractivity contribution in [3.63, 3.8) is 0 Å². The smallest absolute Gasteiger partial charge is 0.159 e. The predicted octanol–water partition coefficient (Wildman–Crippen LogP) is 3.90. The van der Waals surface area contributed by atoms with Gasteiger partial charge in [0.15, 0.2) is 6.29 Å². The third kappa shape index (κ3) is 6.22. The summed E-state index contributed by atoms with van der Waals surface area (Å²) in [6.45, 7) is 5.30. The number of hydrogen-bond acceptors (Lipinski definition) is 4. The van der Waals surface area contributed by atoms with Gasteiger partial charge in [0.2, 0.25) is 0 Å². The first kappa shape index (κ1) is 18.3. The van der Waals surface area contributed by atoms with Crippen LogP contribution in [-0.2, 0) is 22.3 Å². The molecule has 0 bridgehead atoms. The SMILES string of the molecule is CC(C)C(OCCc1ccc(O)cc1)OCCc1ccc(O)cc1. The second-order valence-corrected chi connectivity index (χ2v) is 6.19. The molecule has 0 spiro atoms. The van der Waals surface area contributed by atoms with Crippen molar-refractivity contribution in [1.29, 1.82) is 0 Å². The lowest BCUT2D eigenvalue weighted by molar-refractivity contribution is -0.164. The first-order chi connectivity index (χ1) is 11.5. The van der Waals surface area contributed by atoms with Crippen LogP contribution in [0.4, 0.5) is 0 Å². The summed E-state index contributed by atoms with van der Waals surface area (Å²) in [4.78, 5) is 0. The number of phenols is 2. The van der Waals surface area contributed by atoms with Gasteiger partial charge in [0.25, 0.3) is 0 Å². The van der Waals surface area contributed by atoms with Crippen LogP contribution in [0.3, 0.4) is 0 Å². The van der Waals surface area contributed by atoms with E-state index in [1.54, 1.807) is 24.3 Å². The van der Waals surface area contributed by atoms with Gasteiger partial charge in [0.1, 0.15) is 11.5 Å². The molecule has 0 saturated heterocycles. The van der Waals surface area contributed by atoms with E-state index in [9.17, 15) is 10.2 Å². The molecular weight excluding hydrogens is 304 g/mol. The normalized spacial score (nSPS) is 11.3. The van der Waals surface area contributed by atoms with Gasteiger partial charge in [-0.15, -0.1) is 0 Å². The van der Waals surface area contributed by atoms with Crippen LogP contribution in [-0.4, -0.2) is 29.7 Å². The molecule has 0 aliphatic heterocycles. The zero-order valence-electron chi connectivity index (χ0n) is 14.3. The summed E-state index contributed by atoms with van der Waals surface area (Å²) < 4.78 is 11.7. The van der Waals surface area contributed by atoms with Gasteiger partial charge in [0, 0.05) is 5.92 Å². The number of aromatic hydroxyl groups is 2. The Balaban J connectivity index is 1.73. The van der Waals surface area contributed by atoms with E-state index < -0.39 is 0 Å². The first-order valence-electron chi connectivity index (χ1n) is 8.33. The predicted molar refractivity (Wildman–Crippen MR) is 94.2 cm³/mol. The van der Waals surface area contributed by atoms with Gasteiger partial charge in [-0.05, 0) is 48.2 Å². The van der Waals surface area contributed by atoms with Gasteiger partial charge in [-0.3, -0.25) is 0 Å². The number of phenolic OH excluding ortho intramolecular Hbond substituents is 2. The molecule has 2 N–H and O–H groups in total. The molecule has 24 heavy (non-hydrogen) atoms. The van der Waals surface area contributed by atoms with Gasteiger partial charge >= 0.3 is 0 Å². The molecule has 0 radical (unpaired) electrons. The van der Waals surface area contributed by atoms with Crippen LogP contribution < -0.4 is 0 Å². The Morgan fingerprint density at radius 2 is 1.08 bits per heavy atom. The molecule has 0 heterocycles. The molecule has 0 saturated carbocycles. The van der Waals surface area contributed by atoms with Crippen LogP contribution in [0.1, 0.15) is 25.0 Å². The largest absolute Gasteiger partial charge is 0.508 e. The lowest BCUT2D eigenvalue weighted by Crippen LogP contribution is -2.25. The van der Waals surface area contributed by atoms with E-state index in [0.29, 0.717) is 13.2 Å². The Labute approximate surface area is 143 Å². The molecule has 4 nitrogen and oxygen atoms in total. The molecule has 4 heteroatoms. The average Bonchev–Trinajstić information content (AvgIpc) is 2.56. The molecule has 2 rings (SSSR count). The second-order valence-electron chi connectivity index (χ2n) is 6.19. The van der Waals surface area contributed by atoms with Gasteiger partial charge in [-0.25, -0.2) is 0 Å². The minimum absolute atomic E-state index is 0.237. The molecule has 0 aliphatic carbocycles. The maximum atomic E-state index is 9.28. The van der Waals surface area contributed by atoms with E-state index in [0.717, 1.165) is 24.0 Å². The number of benzene rings is 2. The third-order valence-corrected chi connectivity index (χ3v) is 3.76. The van der Waals surface area contributed by atoms with E-state index in [1.165, 1.54) is 0 Å². The maximum Gasteiger partial charge on any atom is 0.159 e. The Kier molecular flexibility index (Phi) is 7.09. The van der Waals surface area contributed by atoms with Crippen LogP contribution in [0, 0.1) is 5.92 Å². The van der Waals surface area contributed by atoms with Gasteiger partial charge in [-0.1, -0.05) is 38.1 Å². The van der Waals surface area contributed by atoms with E-state index in [2.05, 4.69) is 13.8 Å². The minimum atomic E-state index is -0.237. The van der Waals surface area contributed by atoms with Crippen molar-refractivity contribution in [2.75, 3.05) is 13.2 Å². The summed E-state index contributed by atoms with van der Waals surface area (Å²) in [5.74, 6) is 0.819. The average molecular weight is 330 g/mol. The lowest BCUT2D eigenvalue weighted by atomic mass is 10.1. The third-order valence-electron chi connectivity index (χ3n) is 3.76. The maximum absolute atomic E-state index is 9.28. The molecule has 2 aromatic rings. The monoisotopic (exact) mass is 330 g/mol. The van der Waals surface area contributed by atoms with Crippen molar-refractivity contribution in [2.45, 2.75) is 33.0 Å². The fourth-order valence-corrected chi connectivity index (χ4v) is 2.34. The molecule has 0 atom stereocenters. The summed E-state index contributed by atoms with van der Waals surface area (Å²) in [6, 6.07) is 14.3. The van der Waals surface area contributed by atoms with E-state index in [-0.39, 0.29) is 23.7 Å². The van der Waals surface area contributed by atoms with E-state index in [1.807, 2.05) is 24.3 Å². The highest BCUT2D eigenvalue weighted by atomic mass is 16.7. The Bertz CT molecular complexity index is 539. The van der Waals surface area contributed by atoms with Crippen LogP contribution in [0.5, 0.6) is 11.5 Å². The first-order valence-corrected chi connectivity index (χ1v) is 8.33. The van der Waals surface area contributed by atoms with Crippen molar-refractivity contribution in [3.8, 4) is 11.5 Å². The standard InChI is InChI=1S/C20H26O4/c1-15(2)20(23-13-11-16-3-7-18(21)8-4-16)24-14-12-17-5-9-19(22)10-6-17/h3-10,15,20-22H,11-14H2,1-2H3. The zero-order valence-corrected chi connectivity index (χ0v) is 14.3. The highest BCUT2D eigenvalue weighted by molar-refractivity contribution is 5.26. The second kappa shape index (κ2) is 9.30. The highest BCUT2D eigenvalue weighted by Crippen LogP contribution is 2.14. The van der Waals surface area contributed by atoms with Gasteiger partial charge in [0.05, 0.1) is 13.2 Å². The molecular formula is C20H26O4. The summed E-state index contributed by atoms with van der Waals surface area (Å²) in [7, 11) is 0. The molecule has 130 valence electrons. The molecule has 0 aromatic heterocycles. The van der Waals surface area contributed by atoms with Crippen molar-refractivity contribution < 1.29 is 19.7 Å². The lowest BCUT2D eigenvalue weighted by Gasteiger charge is -2.22. The molecule has 0 fully saturated rings. The fourth-order valence-electron chi connectivity index (χ4n) is 2.34. The van der Waals surface area contributed by atoms with Crippen molar-refractivity contribution in [1.82, 2.24) is 0 Å². The Morgan fingerprint density at radius 3 is 1.42 bits per heavy atom. The highest BCUT2D eigenvalue weighted by Gasteiger charge is 2.14. The number of hydrogen-bond donors (Lipinski definition) is 2. The molecule has 0 unspecified atom stereocenters. The Morgan fingerprint density at radius 1 is 0.708 bits per heavy atom. The zero-order chi connectivity index (χ0) is 17.4. The van der Waals surface area contributed by atoms with Gasteiger partial charge in [-0.2, -0.15) is 0 Å². The molecule has 0 amide bonds. The summed E-state index contributed by atoms with van der Waals surface area (Å²) in [5.41, 5.74) is 2.25. The van der Waals surface area contributed by atoms with Crippen molar-refractivity contribution in [2.24, 2.45) is 5.92 Å². The van der Waals surface area contributed by atoms with E-state index in [4.69, 9.17) is 9.47 Å². The topological polar surface area (TPSA) is 58.9 Å². The Hall–Kier alpha value is -2.04. The van der Waals surface area contributed by atoms with Crippen LogP contribution in [0.15, 0.2) is 48.5 Å². The number of ether oxygens (including phenoxy) is 2. The molecule has 2 aromatic carbocycles. The van der Waals surface area contributed by atoms with Crippen molar-refractivity contribution >= 4 is 0 Å². The molecule has 0 aliphatic rings. The summed E-state index contributed by atoms with van der Waals surface area (Å²) >= 11 is 0. The fraction of sp³-hybridized carbons (Fsp3) is 0.400. The van der Waals surface area contributed by atoms with Crippen LogP contribution in [0.25, 0.3) is 0 Å². The summed E-state index contributed by atoms with van der Waals surface area (Å²) in [5, 5.41) is 18.6. The van der Waals surface area contributed by atoms with Gasteiger partial charge < -0.3 is 19.7 Å². The quantitative estimate of drug-likeness (QED) is 0.685. The number of rotatable bonds is 9. The van der Waals surface area contributed by atoms with Crippen LogP contribution >= 0.6 is 0 Å². The van der Waals surface area contributed by atoms with Crippen LogP contribution in [0.2, 0.25) is 0 Å². The van der Waals surface area contributed by atoms with Crippen molar-refractivity contribution in [3.05, 3.63) is 59.7 Å².